The van der Waals surface area contributed by atoms with Gasteiger partial charge in [-0.05, 0) is 53.1 Å². The van der Waals surface area contributed by atoms with Crippen molar-refractivity contribution in [2.75, 3.05) is 37.8 Å². The molecule has 4 rings (SSSR count). The number of thioether (sulfide) groups is 1. The molecule has 32 heavy (non-hydrogen) atoms. The van der Waals surface area contributed by atoms with Gasteiger partial charge in [0.15, 0.2) is 0 Å². The molecule has 3 aliphatic rings. The molecule has 0 radical (unpaired) electrons. The summed E-state index contributed by atoms with van der Waals surface area (Å²) in [6, 6.07) is -0.386. The van der Waals surface area contributed by atoms with Gasteiger partial charge in [0, 0.05) is 37.8 Å². The number of carbonyl (C=O) groups excluding carboxylic acids is 2. The molecule has 2 atom stereocenters. The topological polar surface area (TPSA) is 101 Å². The van der Waals surface area contributed by atoms with Crippen molar-refractivity contribution >= 4 is 23.8 Å². The summed E-state index contributed by atoms with van der Waals surface area (Å²) in [6.45, 7) is 8.34. The molecule has 0 aliphatic carbocycles. The van der Waals surface area contributed by atoms with Gasteiger partial charge < -0.3 is 14.1 Å². The molecule has 0 unspecified atom stereocenters. The summed E-state index contributed by atoms with van der Waals surface area (Å²) in [4.78, 5) is 43.6. The maximum atomic E-state index is 13.2. The fraction of sp³-hybridized carbons (Fsp3) is 0.810. The van der Waals surface area contributed by atoms with Crippen LogP contribution < -0.4 is 5.76 Å². The zero-order valence-electron chi connectivity index (χ0n) is 19.3. The highest BCUT2D eigenvalue weighted by Gasteiger charge is 2.45. The van der Waals surface area contributed by atoms with Gasteiger partial charge in [-0.25, -0.2) is 9.59 Å². The molecule has 3 fully saturated rings. The van der Waals surface area contributed by atoms with Crippen molar-refractivity contribution in [3.8, 4) is 0 Å². The van der Waals surface area contributed by atoms with Crippen LogP contribution in [0.15, 0.2) is 9.21 Å². The monoisotopic (exact) mass is 467 g/mol. The van der Waals surface area contributed by atoms with Crippen LogP contribution in [0.1, 0.15) is 51.8 Å². The van der Waals surface area contributed by atoms with Gasteiger partial charge in [0.25, 0.3) is 0 Å². The average Bonchev–Trinajstić information content (AvgIpc) is 3.47. The lowest BCUT2D eigenvalue weighted by Gasteiger charge is -2.34. The quantitative estimate of drug-likeness (QED) is 0.659. The number of aromatic nitrogens is 2. The minimum atomic E-state index is -0.614. The highest BCUT2D eigenvalue weighted by Crippen LogP contribution is 2.32. The fourth-order valence-corrected chi connectivity index (χ4v) is 5.63. The van der Waals surface area contributed by atoms with Crippen LogP contribution in [0.2, 0.25) is 0 Å². The second-order valence-electron chi connectivity index (χ2n) is 9.82. The molecule has 3 saturated heterocycles. The maximum absolute atomic E-state index is 13.2. The van der Waals surface area contributed by atoms with Crippen molar-refractivity contribution in [2.45, 2.75) is 63.6 Å². The van der Waals surface area contributed by atoms with Gasteiger partial charge in [-0.1, -0.05) is 0 Å². The Morgan fingerprint density at radius 3 is 2.47 bits per heavy atom. The molecule has 178 valence electrons. The number of nitrogens with zero attached hydrogens (tertiary/aromatic N) is 5. The smallest absolute Gasteiger partial charge is 0.436 e. The van der Waals surface area contributed by atoms with Crippen molar-refractivity contribution in [2.24, 2.45) is 7.05 Å². The Hall–Kier alpha value is -2.01. The number of hydrogen-bond acceptors (Lipinski definition) is 8. The predicted octanol–water partition coefficient (Wildman–Crippen LogP) is 1.46. The van der Waals surface area contributed by atoms with Crippen LogP contribution in [0.3, 0.4) is 0 Å². The molecule has 1 aromatic rings. The molecule has 0 bridgehead atoms. The van der Waals surface area contributed by atoms with E-state index in [4.69, 9.17) is 9.15 Å². The van der Waals surface area contributed by atoms with Crippen molar-refractivity contribution in [3.63, 3.8) is 0 Å². The highest BCUT2D eigenvalue weighted by molar-refractivity contribution is 7.99. The largest absolute Gasteiger partial charge is 0.444 e. The van der Waals surface area contributed by atoms with Crippen LogP contribution in [0.25, 0.3) is 0 Å². The Morgan fingerprint density at radius 2 is 1.91 bits per heavy atom. The first-order valence-electron chi connectivity index (χ1n) is 11.3. The summed E-state index contributed by atoms with van der Waals surface area (Å²) in [5.74, 6) is 1.82. The van der Waals surface area contributed by atoms with Crippen LogP contribution in [0.4, 0.5) is 4.79 Å². The predicted molar refractivity (Wildman–Crippen MR) is 119 cm³/mol. The molecule has 0 aromatic carbocycles. The number of piperidine rings is 1. The first-order valence-corrected chi connectivity index (χ1v) is 12.4. The summed E-state index contributed by atoms with van der Waals surface area (Å²) in [7, 11) is 1.59. The van der Waals surface area contributed by atoms with Gasteiger partial charge in [0.2, 0.25) is 11.8 Å². The zero-order chi connectivity index (χ0) is 23.0. The lowest BCUT2D eigenvalue weighted by Crippen LogP contribution is -2.48. The Bertz CT molecular complexity index is 895. The molecule has 1 aromatic heterocycles. The SMILES string of the molecule is Cn1nc(C2CCN([C@H]3C[C@@H](C(=O)N4CCSC4)N(C(=O)OC(C)(C)C)C3)CC2)oc1=O. The van der Waals surface area contributed by atoms with E-state index in [1.54, 1.807) is 23.7 Å². The van der Waals surface area contributed by atoms with Gasteiger partial charge >= 0.3 is 11.8 Å². The van der Waals surface area contributed by atoms with E-state index in [9.17, 15) is 14.4 Å². The molecule has 0 N–H and O–H groups in total. The number of carbonyl (C=O) groups is 2. The van der Waals surface area contributed by atoms with Crippen molar-refractivity contribution < 1.29 is 18.7 Å². The number of amides is 2. The number of aryl methyl sites for hydroxylation is 1. The average molecular weight is 468 g/mol. The molecule has 2 amide bonds. The number of rotatable bonds is 3. The standard InChI is InChI=1S/C21H33N5O5S/c1-21(2,3)31-20(29)26-12-15(11-16(26)18(27)25-9-10-32-13-25)24-7-5-14(6-8-24)17-22-23(4)19(28)30-17/h14-16H,5-13H2,1-4H3/t15-,16-/m0/s1. The fourth-order valence-electron chi connectivity index (χ4n) is 4.67. The van der Waals surface area contributed by atoms with E-state index in [0.717, 1.165) is 38.2 Å². The number of ether oxygens (including phenoxy) is 1. The van der Waals surface area contributed by atoms with Crippen molar-refractivity contribution in [1.29, 1.82) is 0 Å². The first kappa shape index (κ1) is 23.2. The first-order chi connectivity index (χ1) is 15.1. The van der Waals surface area contributed by atoms with Crippen LogP contribution in [0.5, 0.6) is 0 Å². The normalized spacial score (nSPS) is 25.5. The summed E-state index contributed by atoms with van der Waals surface area (Å²) in [5.41, 5.74) is -0.614. The van der Waals surface area contributed by atoms with Gasteiger partial charge in [-0.2, -0.15) is 4.68 Å². The van der Waals surface area contributed by atoms with Crippen LogP contribution in [-0.2, 0) is 16.6 Å². The van der Waals surface area contributed by atoms with Gasteiger partial charge in [0.05, 0.1) is 5.88 Å². The lowest BCUT2D eigenvalue weighted by molar-refractivity contribution is -0.134. The van der Waals surface area contributed by atoms with E-state index in [1.807, 2.05) is 25.7 Å². The number of hydrogen-bond donors (Lipinski definition) is 0. The molecular formula is C21H33N5O5S. The second-order valence-corrected chi connectivity index (χ2v) is 10.9. The van der Waals surface area contributed by atoms with Crippen molar-refractivity contribution in [3.05, 3.63) is 16.4 Å². The van der Waals surface area contributed by atoms with E-state index in [2.05, 4.69) is 10.00 Å². The highest BCUT2D eigenvalue weighted by atomic mass is 32.2. The Kier molecular flexibility index (Phi) is 6.58. The third kappa shape index (κ3) is 4.98. The lowest BCUT2D eigenvalue weighted by atomic mass is 9.95. The van der Waals surface area contributed by atoms with Crippen LogP contribution in [-0.4, -0.2) is 92.0 Å². The minimum absolute atomic E-state index is 0.0218. The van der Waals surface area contributed by atoms with E-state index in [-0.39, 0.29) is 17.9 Å². The Balaban J connectivity index is 1.43. The molecule has 10 nitrogen and oxygen atoms in total. The van der Waals surface area contributed by atoms with E-state index in [0.29, 0.717) is 24.7 Å². The van der Waals surface area contributed by atoms with E-state index >= 15 is 0 Å². The maximum Gasteiger partial charge on any atom is 0.436 e. The van der Waals surface area contributed by atoms with Gasteiger partial charge in [0.1, 0.15) is 11.6 Å². The zero-order valence-corrected chi connectivity index (χ0v) is 20.1. The molecule has 3 aliphatic heterocycles. The third-order valence-corrected chi connectivity index (χ3v) is 7.32. The summed E-state index contributed by atoms with van der Waals surface area (Å²) in [6.07, 6.45) is 1.84. The van der Waals surface area contributed by atoms with Crippen LogP contribution >= 0.6 is 11.8 Å². The van der Waals surface area contributed by atoms with Crippen molar-refractivity contribution in [1.82, 2.24) is 24.5 Å². The molecular weight excluding hydrogens is 434 g/mol. The van der Waals surface area contributed by atoms with Gasteiger partial charge in [-0.3, -0.25) is 14.6 Å². The molecule has 0 spiro atoms. The van der Waals surface area contributed by atoms with E-state index in [1.165, 1.54) is 4.68 Å². The summed E-state index contributed by atoms with van der Waals surface area (Å²) >= 11 is 1.74. The summed E-state index contributed by atoms with van der Waals surface area (Å²) in [5, 5.41) is 4.20. The molecule has 11 heteroatoms. The molecule has 4 heterocycles. The molecule has 0 saturated carbocycles. The van der Waals surface area contributed by atoms with Crippen LogP contribution in [0, 0.1) is 0 Å². The third-order valence-electron chi connectivity index (χ3n) is 6.36. The number of likely N-dealkylation sites (tertiary alicyclic amines) is 2. The second kappa shape index (κ2) is 9.09. The Labute approximate surface area is 192 Å². The minimum Gasteiger partial charge on any atom is -0.444 e. The van der Waals surface area contributed by atoms with Gasteiger partial charge in [-0.15, -0.1) is 16.9 Å². The summed E-state index contributed by atoms with van der Waals surface area (Å²) < 4.78 is 12.1. The van der Waals surface area contributed by atoms with E-state index < -0.39 is 23.5 Å². The Morgan fingerprint density at radius 1 is 1.19 bits per heavy atom.